The van der Waals surface area contributed by atoms with Crippen LogP contribution < -0.4 is 5.32 Å². The standard InChI is InChI=1S/C14H20F3N/c1-9(2)7-11(4)18-13-8-12(14(15,16)17)6-5-10(13)3/h5-6,8-9,11,18H,7H2,1-4H3. The zero-order chi connectivity index (χ0) is 13.9. The number of anilines is 1. The molecule has 0 aliphatic rings. The van der Waals surface area contributed by atoms with Gasteiger partial charge in [-0.05, 0) is 43.9 Å². The highest BCUT2D eigenvalue weighted by atomic mass is 19.4. The van der Waals surface area contributed by atoms with Gasteiger partial charge in [-0.3, -0.25) is 0 Å². The summed E-state index contributed by atoms with van der Waals surface area (Å²) >= 11 is 0. The molecule has 0 bridgehead atoms. The Morgan fingerprint density at radius 2 is 1.78 bits per heavy atom. The van der Waals surface area contributed by atoms with Crippen molar-refractivity contribution in [1.82, 2.24) is 0 Å². The van der Waals surface area contributed by atoms with Gasteiger partial charge in [-0.1, -0.05) is 19.9 Å². The monoisotopic (exact) mass is 259 g/mol. The fourth-order valence-electron chi connectivity index (χ4n) is 1.99. The Labute approximate surface area is 106 Å². The van der Waals surface area contributed by atoms with Crippen molar-refractivity contribution >= 4 is 5.69 Å². The van der Waals surface area contributed by atoms with E-state index in [0.29, 0.717) is 11.6 Å². The molecule has 0 aliphatic heterocycles. The van der Waals surface area contributed by atoms with Crippen LogP contribution in [-0.2, 0) is 6.18 Å². The quantitative estimate of drug-likeness (QED) is 0.814. The topological polar surface area (TPSA) is 12.0 Å². The highest BCUT2D eigenvalue weighted by molar-refractivity contribution is 5.53. The number of benzene rings is 1. The van der Waals surface area contributed by atoms with Gasteiger partial charge in [-0.2, -0.15) is 13.2 Å². The molecule has 0 amide bonds. The number of halogens is 3. The molecule has 1 rings (SSSR count). The van der Waals surface area contributed by atoms with Gasteiger partial charge in [-0.25, -0.2) is 0 Å². The maximum absolute atomic E-state index is 12.6. The first-order chi connectivity index (χ1) is 8.20. The number of aryl methyl sites for hydroxylation is 1. The first-order valence-corrected chi connectivity index (χ1v) is 6.14. The zero-order valence-corrected chi connectivity index (χ0v) is 11.2. The summed E-state index contributed by atoms with van der Waals surface area (Å²) in [6, 6.07) is 3.97. The van der Waals surface area contributed by atoms with E-state index in [2.05, 4.69) is 19.2 Å². The number of rotatable bonds is 4. The number of hydrogen-bond acceptors (Lipinski definition) is 1. The third kappa shape index (κ3) is 4.24. The third-order valence-corrected chi connectivity index (χ3v) is 2.79. The predicted molar refractivity (Wildman–Crippen MR) is 68.7 cm³/mol. The van der Waals surface area contributed by atoms with Crippen LogP contribution in [0.15, 0.2) is 18.2 Å². The van der Waals surface area contributed by atoms with Gasteiger partial charge in [0, 0.05) is 11.7 Å². The smallest absolute Gasteiger partial charge is 0.382 e. The lowest BCUT2D eigenvalue weighted by Crippen LogP contribution is -2.18. The molecule has 0 fully saturated rings. The van der Waals surface area contributed by atoms with E-state index in [0.717, 1.165) is 18.1 Å². The minimum Gasteiger partial charge on any atom is -0.382 e. The molecule has 1 N–H and O–H groups in total. The van der Waals surface area contributed by atoms with Crippen molar-refractivity contribution in [3.63, 3.8) is 0 Å². The summed E-state index contributed by atoms with van der Waals surface area (Å²) in [4.78, 5) is 0. The molecule has 0 heterocycles. The molecule has 1 atom stereocenters. The Hall–Kier alpha value is -1.19. The van der Waals surface area contributed by atoms with Gasteiger partial charge < -0.3 is 5.32 Å². The van der Waals surface area contributed by atoms with Gasteiger partial charge in [0.2, 0.25) is 0 Å². The zero-order valence-electron chi connectivity index (χ0n) is 11.2. The van der Waals surface area contributed by atoms with Crippen LogP contribution in [0.2, 0.25) is 0 Å². The van der Waals surface area contributed by atoms with Crippen LogP contribution in [0.1, 0.15) is 38.3 Å². The van der Waals surface area contributed by atoms with Crippen LogP contribution in [0, 0.1) is 12.8 Å². The molecule has 18 heavy (non-hydrogen) atoms. The molecule has 1 nitrogen and oxygen atoms in total. The lowest BCUT2D eigenvalue weighted by molar-refractivity contribution is -0.137. The van der Waals surface area contributed by atoms with E-state index in [1.54, 1.807) is 0 Å². The molecule has 0 saturated heterocycles. The van der Waals surface area contributed by atoms with Crippen molar-refractivity contribution in [3.8, 4) is 0 Å². The third-order valence-electron chi connectivity index (χ3n) is 2.79. The van der Waals surface area contributed by atoms with Crippen molar-refractivity contribution in [1.29, 1.82) is 0 Å². The van der Waals surface area contributed by atoms with Gasteiger partial charge in [0.25, 0.3) is 0 Å². The normalized spacial score (nSPS) is 13.8. The predicted octanol–water partition coefficient (Wildman–Crippen LogP) is 4.86. The van der Waals surface area contributed by atoms with Crippen LogP contribution in [-0.4, -0.2) is 6.04 Å². The van der Waals surface area contributed by atoms with Gasteiger partial charge in [0.05, 0.1) is 5.56 Å². The first kappa shape index (κ1) is 14.9. The molecule has 0 radical (unpaired) electrons. The van der Waals surface area contributed by atoms with Crippen molar-refractivity contribution in [2.24, 2.45) is 5.92 Å². The molecule has 0 aromatic heterocycles. The average Bonchev–Trinajstić information content (AvgIpc) is 2.18. The molecule has 1 aromatic carbocycles. The number of alkyl halides is 3. The Balaban J connectivity index is 2.88. The highest BCUT2D eigenvalue weighted by Gasteiger charge is 2.30. The first-order valence-electron chi connectivity index (χ1n) is 6.14. The van der Waals surface area contributed by atoms with Crippen LogP contribution in [0.5, 0.6) is 0 Å². The number of nitrogens with one attached hydrogen (secondary N) is 1. The lowest BCUT2D eigenvalue weighted by Gasteiger charge is -2.20. The Kier molecular flexibility index (Phi) is 4.65. The SMILES string of the molecule is Cc1ccc(C(F)(F)F)cc1NC(C)CC(C)C. The molecule has 0 saturated carbocycles. The van der Waals surface area contributed by atoms with E-state index in [9.17, 15) is 13.2 Å². The molecule has 0 aliphatic carbocycles. The van der Waals surface area contributed by atoms with Gasteiger partial charge in [-0.15, -0.1) is 0 Å². The molecule has 102 valence electrons. The molecule has 1 unspecified atom stereocenters. The Morgan fingerprint density at radius 3 is 2.28 bits per heavy atom. The van der Waals surface area contributed by atoms with Crippen molar-refractivity contribution < 1.29 is 13.2 Å². The van der Waals surface area contributed by atoms with Crippen LogP contribution in [0.25, 0.3) is 0 Å². The van der Waals surface area contributed by atoms with Crippen molar-refractivity contribution in [2.45, 2.75) is 46.3 Å². The minimum absolute atomic E-state index is 0.159. The maximum Gasteiger partial charge on any atom is 0.416 e. The lowest BCUT2D eigenvalue weighted by atomic mass is 10.0. The second-order valence-electron chi connectivity index (χ2n) is 5.20. The van der Waals surface area contributed by atoms with Crippen LogP contribution in [0.4, 0.5) is 18.9 Å². The van der Waals surface area contributed by atoms with E-state index >= 15 is 0 Å². The summed E-state index contributed by atoms with van der Waals surface area (Å²) in [5.74, 6) is 0.513. The van der Waals surface area contributed by atoms with Gasteiger partial charge in [0.15, 0.2) is 0 Å². The molecule has 1 aromatic rings. The molecule has 4 heteroatoms. The summed E-state index contributed by atoms with van der Waals surface area (Å²) in [6.07, 6.45) is -3.36. The number of hydrogen-bond donors (Lipinski definition) is 1. The molecule has 0 spiro atoms. The molecular formula is C14H20F3N. The van der Waals surface area contributed by atoms with E-state index in [1.165, 1.54) is 12.1 Å². The van der Waals surface area contributed by atoms with Crippen molar-refractivity contribution in [3.05, 3.63) is 29.3 Å². The largest absolute Gasteiger partial charge is 0.416 e. The maximum atomic E-state index is 12.6. The summed E-state index contributed by atoms with van der Waals surface area (Å²) in [5.41, 5.74) is 0.795. The van der Waals surface area contributed by atoms with Crippen LogP contribution >= 0.6 is 0 Å². The van der Waals surface area contributed by atoms with E-state index in [-0.39, 0.29) is 6.04 Å². The Bertz CT molecular complexity index is 397. The van der Waals surface area contributed by atoms with E-state index in [1.807, 2.05) is 13.8 Å². The Morgan fingerprint density at radius 1 is 1.17 bits per heavy atom. The van der Waals surface area contributed by atoms with Gasteiger partial charge in [0.1, 0.15) is 0 Å². The second-order valence-corrected chi connectivity index (χ2v) is 5.20. The van der Waals surface area contributed by atoms with Crippen LogP contribution in [0.3, 0.4) is 0 Å². The summed E-state index contributed by atoms with van der Waals surface area (Å²) in [7, 11) is 0. The van der Waals surface area contributed by atoms with Crippen molar-refractivity contribution in [2.75, 3.05) is 5.32 Å². The second kappa shape index (κ2) is 5.63. The summed E-state index contributed by atoms with van der Waals surface area (Å²) in [6.45, 7) is 7.98. The summed E-state index contributed by atoms with van der Waals surface area (Å²) < 4.78 is 37.9. The summed E-state index contributed by atoms with van der Waals surface area (Å²) in [5, 5.41) is 3.15. The average molecular weight is 259 g/mol. The van der Waals surface area contributed by atoms with E-state index in [4.69, 9.17) is 0 Å². The minimum atomic E-state index is -4.29. The van der Waals surface area contributed by atoms with E-state index < -0.39 is 11.7 Å². The van der Waals surface area contributed by atoms with Gasteiger partial charge >= 0.3 is 6.18 Å². The molecular weight excluding hydrogens is 239 g/mol. The fraction of sp³-hybridized carbons (Fsp3) is 0.571. The fourth-order valence-corrected chi connectivity index (χ4v) is 1.99. The highest BCUT2D eigenvalue weighted by Crippen LogP contribution is 2.32.